The highest BCUT2D eigenvalue weighted by molar-refractivity contribution is 5.69. The first-order valence-electron chi connectivity index (χ1n) is 20.8. The molecule has 4 nitrogen and oxygen atoms in total. The van der Waals surface area contributed by atoms with Crippen LogP contribution in [0.25, 0.3) is 0 Å². The monoisotopic (exact) mass is 663 g/mol. The molecule has 0 atom stereocenters. The van der Waals surface area contributed by atoms with Crippen molar-refractivity contribution in [3.05, 3.63) is 24.3 Å². The van der Waals surface area contributed by atoms with E-state index < -0.39 is 5.97 Å². The van der Waals surface area contributed by atoms with Crippen LogP contribution in [-0.2, 0) is 14.3 Å². The fourth-order valence-electron chi connectivity index (χ4n) is 5.65. The Balaban J connectivity index is 0. The van der Waals surface area contributed by atoms with Gasteiger partial charge in [-0.1, -0.05) is 173 Å². The molecule has 0 radical (unpaired) electrons. The van der Waals surface area contributed by atoms with Gasteiger partial charge < -0.3 is 9.84 Å². The third-order valence-corrected chi connectivity index (χ3v) is 8.81. The van der Waals surface area contributed by atoms with Gasteiger partial charge in [0.2, 0.25) is 0 Å². The first-order valence-corrected chi connectivity index (χ1v) is 20.8. The number of carbonyl (C=O) groups is 2. The van der Waals surface area contributed by atoms with Crippen molar-refractivity contribution in [3.8, 4) is 0 Å². The Morgan fingerprint density at radius 2 is 0.702 bits per heavy atom. The Kier molecular flexibility index (Phi) is 44.9. The summed E-state index contributed by atoms with van der Waals surface area (Å²) >= 11 is 0. The van der Waals surface area contributed by atoms with E-state index in [0.29, 0.717) is 19.4 Å². The second-order valence-corrected chi connectivity index (χ2v) is 13.7. The van der Waals surface area contributed by atoms with Crippen LogP contribution in [0, 0.1) is 0 Å². The molecule has 0 aliphatic heterocycles. The molecule has 0 amide bonds. The molecule has 47 heavy (non-hydrogen) atoms. The van der Waals surface area contributed by atoms with Crippen LogP contribution in [0.15, 0.2) is 24.3 Å². The summed E-state index contributed by atoms with van der Waals surface area (Å²) in [4.78, 5) is 22.0. The van der Waals surface area contributed by atoms with Crippen molar-refractivity contribution in [2.45, 2.75) is 233 Å². The Hall–Kier alpha value is -1.58. The summed E-state index contributed by atoms with van der Waals surface area (Å²) in [6.45, 7) is 7.37. The number of carbonyl (C=O) groups excluding carboxylic acids is 1. The SMILES string of the molecule is CCCCCCCC/C=C\CCCCCCCC(=O)O.CCCCCCCC/C=C\CCCCCCCC(=O)OCCCCCCC. The van der Waals surface area contributed by atoms with Crippen molar-refractivity contribution in [2.75, 3.05) is 6.61 Å². The third-order valence-electron chi connectivity index (χ3n) is 8.81. The average Bonchev–Trinajstić information content (AvgIpc) is 3.06. The van der Waals surface area contributed by atoms with Crippen LogP contribution < -0.4 is 0 Å². The molecule has 4 heteroatoms. The molecule has 0 fully saturated rings. The van der Waals surface area contributed by atoms with Gasteiger partial charge in [-0.25, -0.2) is 0 Å². The van der Waals surface area contributed by atoms with Crippen molar-refractivity contribution in [3.63, 3.8) is 0 Å². The minimum atomic E-state index is -0.664. The van der Waals surface area contributed by atoms with Crippen LogP contribution in [0.5, 0.6) is 0 Å². The van der Waals surface area contributed by atoms with E-state index in [1.54, 1.807) is 0 Å². The van der Waals surface area contributed by atoms with E-state index in [0.717, 1.165) is 32.1 Å². The number of esters is 1. The lowest BCUT2D eigenvalue weighted by atomic mass is 10.1. The highest BCUT2D eigenvalue weighted by Crippen LogP contribution is 2.12. The Morgan fingerprint density at radius 3 is 1.06 bits per heavy atom. The lowest BCUT2D eigenvalue weighted by Gasteiger charge is -2.05. The average molecular weight is 663 g/mol. The van der Waals surface area contributed by atoms with Gasteiger partial charge in [0, 0.05) is 12.8 Å². The predicted octanol–water partition coefficient (Wildman–Crippen LogP) is 14.6. The number of hydrogen-bond acceptors (Lipinski definition) is 3. The van der Waals surface area contributed by atoms with Crippen LogP contribution in [0.2, 0.25) is 0 Å². The topological polar surface area (TPSA) is 63.6 Å². The van der Waals surface area contributed by atoms with E-state index in [4.69, 9.17) is 9.84 Å². The highest BCUT2D eigenvalue weighted by Gasteiger charge is 2.02. The molecular formula is C43H82O4. The quantitative estimate of drug-likeness (QED) is 0.0412. The lowest BCUT2D eigenvalue weighted by molar-refractivity contribution is -0.144. The van der Waals surface area contributed by atoms with Gasteiger partial charge in [0.1, 0.15) is 0 Å². The first kappa shape index (κ1) is 47.5. The summed E-state index contributed by atoms with van der Waals surface area (Å²) in [6, 6.07) is 0. The Morgan fingerprint density at radius 1 is 0.404 bits per heavy atom. The number of unbranched alkanes of at least 4 members (excludes halogenated alkanes) is 26. The predicted molar refractivity (Wildman–Crippen MR) is 206 cm³/mol. The smallest absolute Gasteiger partial charge is 0.305 e. The van der Waals surface area contributed by atoms with E-state index in [9.17, 15) is 9.59 Å². The maximum Gasteiger partial charge on any atom is 0.305 e. The molecule has 0 bridgehead atoms. The van der Waals surface area contributed by atoms with Gasteiger partial charge in [-0.3, -0.25) is 9.59 Å². The van der Waals surface area contributed by atoms with Gasteiger partial charge in [0.25, 0.3) is 0 Å². The Bertz CT molecular complexity index is 669. The van der Waals surface area contributed by atoms with Crippen LogP contribution in [0.1, 0.15) is 233 Å². The third kappa shape index (κ3) is 48.9. The van der Waals surface area contributed by atoms with Crippen LogP contribution in [0.4, 0.5) is 0 Å². The molecule has 0 spiro atoms. The fraction of sp³-hybridized carbons (Fsp3) is 0.860. The Labute approximate surface area is 294 Å². The zero-order valence-electron chi connectivity index (χ0n) is 32.0. The molecule has 0 rings (SSSR count). The van der Waals surface area contributed by atoms with Crippen LogP contribution in [0.3, 0.4) is 0 Å². The number of aliphatic carboxylic acids is 1. The van der Waals surface area contributed by atoms with Gasteiger partial charge in [0.15, 0.2) is 0 Å². The second-order valence-electron chi connectivity index (χ2n) is 13.7. The summed E-state index contributed by atoms with van der Waals surface area (Å²) in [6.07, 6.45) is 49.4. The van der Waals surface area contributed by atoms with Crippen molar-refractivity contribution < 1.29 is 19.4 Å². The van der Waals surface area contributed by atoms with E-state index in [1.165, 1.54) is 167 Å². The number of hydrogen-bond donors (Lipinski definition) is 1. The van der Waals surface area contributed by atoms with E-state index in [1.807, 2.05) is 0 Å². The fourth-order valence-corrected chi connectivity index (χ4v) is 5.65. The van der Waals surface area contributed by atoms with Gasteiger partial charge in [-0.2, -0.15) is 0 Å². The van der Waals surface area contributed by atoms with Gasteiger partial charge in [-0.05, 0) is 70.6 Å². The van der Waals surface area contributed by atoms with Crippen molar-refractivity contribution in [1.29, 1.82) is 0 Å². The van der Waals surface area contributed by atoms with Crippen molar-refractivity contribution in [2.24, 2.45) is 0 Å². The zero-order valence-corrected chi connectivity index (χ0v) is 32.0. The molecular weight excluding hydrogens is 580 g/mol. The number of allylic oxidation sites excluding steroid dienone is 4. The molecule has 0 unspecified atom stereocenters. The normalized spacial score (nSPS) is 11.3. The summed E-state index contributed by atoms with van der Waals surface area (Å²) < 4.78 is 5.29. The first-order chi connectivity index (χ1) is 23.1. The van der Waals surface area contributed by atoms with E-state index in [2.05, 4.69) is 45.1 Å². The maximum atomic E-state index is 11.6. The molecule has 0 saturated carbocycles. The minimum Gasteiger partial charge on any atom is -0.481 e. The lowest BCUT2D eigenvalue weighted by Crippen LogP contribution is -2.05. The van der Waals surface area contributed by atoms with Gasteiger partial charge >= 0.3 is 11.9 Å². The largest absolute Gasteiger partial charge is 0.481 e. The van der Waals surface area contributed by atoms with E-state index in [-0.39, 0.29) is 5.97 Å². The summed E-state index contributed by atoms with van der Waals surface area (Å²) in [7, 11) is 0. The highest BCUT2D eigenvalue weighted by atomic mass is 16.5. The standard InChI is InChI=1S/C25H48O2.C18H34O2/c1-3-5-7-9-10-11-12-13-14-15-16-17-18-19-21-23-25(26)27-24-22-20-8-6-4-2;1-2-3-4-5-6-7-8-9-10-11-12-13-14-15-16-17-18(19)20/h13-14H,3-12,15-24H2,1-2H3;9-10H,2-8,11-17H2,1H3,(H,19,20)/b14-13-;10-9-. The van der Waals surface area contributed by atoms with E-state index >= 15 is 0 Å². The molecule has 278 valence electrons. The molecule has 1 N–H and O–H groups in total. The summed E-state index contributed by atoms with van der Waals surface area (Å²) in [5, 5.41) is 8.51. The molecule has 0 aliphatic carbocycles. The summed E-state index contributed by atoms with van der Waals surface area (Å²) in [5.41, 5.74) is 0. The molecule has 0 aliphatic rings. The molecule has 0 saturated heterocycles. The number of carboxylic acids is 1. The maximum absolute atomic E-state index is 11.6. The van der Waals surface area contributed by atoms with Crippen LogP contribution >= 0.6 is 0 Å². The number of rotatable bonds is 36. The van der Waals surface area contributed by atoms with Crippen molar-refractivity contribution >= 4 is 11.9 Å². The zero-order chi connectivity index (χ0) is 34.7. The molecule has 0 aromatic rings. The number of carboxylic acid groups (broad SMARTS) is 1. The molecule has 0 aromatic carbocycles. The second kappa shape index (κ2) is 44.4. The van der Waals surface area contributed by atoms with Crippen molar-refractivity contribution in [1.82, 2.24) is 0 Å². The van der Waals surface area contributed by atoms with Crippen LogP contribution in [-0.4, -0.2) is 23.7 Å². The van der Waals surface area contributed by atoms with Gasteiger partial charge in [-0.15, -0.1) is 0 Å². The molecule has 0 aromatic heterocycles. The minimum absolute atomic E-state index is 0.00289. The number of ether oxygens (including phenoxy) is 1. The summed E-state index contributed by atoms with van der Waals surface area (Å²) in [5.74, 6) is -0.661. The molecule has 0 heterocycles. The van der Waals surface area contributed by atoms with Gasteiger partial charge in [0.05, 0.1) is 6.61 Å².